The smallest absolute Gasteiger partial charge is 0.307 e. The molecule has 0 amide bonds. The summed E-state index contributed by atoms with van der Waals surface area (Å²) in [6.07, 6.45) is -0.770. The first-order valence-corrected chi connectivity index (χ1v) is 7.78. The maximum atomic E-state index is 12.0. The van der Waals surface area contributed by atoms with E-state index in [0.717, 1.165) is 0 Å². The van der Waals surface area contributed by atoms with E-state index in [1.165, 1.54) is 12.1 Å². The minimum Gasteiger partial charge on any atom is -0.466 e. The average Bonchev–Trinajstić information content (AvgIpc) is 2.39. The molecule has 7 heteroatoms. The summed E-state index contributed by atoms with van der Waals surface area (Å²) in [7, 11) is -3.70. The Balaban J connectivity index is 2.69. The maximum Gasteiger partial charge on any atom is 0.307 e. The number of carbonyl (C=O) groups excluding carboxylic acids is 1. The van der Waals surface area contributed by atoms with Crippen molar-refractivity contribution in [2.45, 2.75) is 31.3 Å². The Kier molecular flexibility index (Phi) is 6.12. The van der Waals surface area contributed by atoms with Crippen LogP contribution in [0.4, 0.5) is 0 Å². The first-order valence-electron chi connectivity index (χ1n) is 6.30. The lowest BCUT2D eigenvalue weighted by atomic mass is 10.1. The van der Waals surface area contributed by atoms with Gasteiger partial charge in [-0.05, 0) is 31.5 Å². The highest BCUT2D eigenvalue weighted by molar-refractivity contribution is 7.89. The zero-order valence-corrected chi connectivity index (χ0v) is 12.3. The van der Waals surface area contributed by atoms with Gasteiger partial charge in [-0.1, -0.05) is 12.1 Å². The van der Waals surface area contributed by atoms with Crippen molar-refractivity contribution in [3.63, 3.8) is 0 Å². The third-order valence-corrected chi connectivity index (χ3v) is 4.04. The van der Waals surface area contributed by atoms with Crippen molar-refractivity contribution in [3.05, 3.63) is 29.8 Å². The number of sulfonamides is 1. The summed E-state index contributed by atoms with van der Waals surface area (Å²) in [4.78, 5) is 11.2. The zero-order chi connectivity index (χ0) is 15.2. The molecule has 1 aromatic rings. The van der Waals surface area contributed by atoms with Gasteiger partial charge in [0, 0.05) is 6.54 Å². The van der Waals surface area contributed by atoms with Gasteiger partial charge in [-0.15, -0.1) is 0 Å². The molecule has 1 atom stereocenters. The second-order valence-electron chi connectivity index (χ2n) is 4.20. The normalized spacial score (nSPS) is 12.9. The van der Waals surface area contributed by atoms with Crippen LogP contribution in [-0.2, 0) is 19.6 Å². The number of hydrogen-bond acceptors (Lipinski definition) is 5. The summed E-state index contributed by atoms with van der Waals surface area (Å²) in [6.45, 7) is 3.48. The third kappa shape index (κ3) is 4.92. The molecule has 0 aliphatic carbocycles. The Morgan fingerprint density at radius 3 is 2.75 bits per heavy atom. The number of carbonyl (C=O) groups is 1. The van der Waals surface area contributed by atoms with Crippen molar-refractivity contribution >= 4 is 16.0 Å². The summed E-state index contributed by atoms with van der Waals surface area (Å²) in [5.74, 6) is -0.451. The monoisotopic (exact) mass is 301 g/mol. The van der Waals surface area contributed by atoms with E-state index < -0.39 is 22.1 Å². The highest BCUT2D eigenvalue weighted by Crippen LogP contribution is 2.16. The third-order valence-electron chi connectivity index (χ3n) is 2.58. The van der Waals surface area contributed by atoms with Gasteiger partial charge in [0.05, 0.1) is 24.0 Å². The fourth-order valence-electron chi connectivity index (χ4n) is 1.55. The number of nitrogens with one attached hydrogen (secondary N) is 1. The van der Waals surface area contributed by atoms with Crippen LogP contribution in [0.5, 0.6) is 0 Å². The maximum absolute atomic E-state index is 12.0. The van der Waals surface area contributed by atoms with Crippen LogP contribution >= 0.6 is 0 Å². The first-order chi connectivity index (χ1) is 9.36. The largest absolute Gasteiger partial charge is 0.466 e. The van der Waals surface area contributed by atoms with Gasteiger partial charge >= 0.3 is 5.97 Å². The number of ether oxygens (including phenoxy) is 1. The van der Waals surface area contributed by atoms with Crippen LogP contribution in [0.25, 0.3) is 0 Å². The standard InChI is InChI=1S/C13H19NO5S/c1-3-19-13(16)7-8-14-20(17,18)12-6-4-5-11(9-12)10(2)15/h4-6,9-10,14-15H,3,7-8H2,1-2H3. The van der Waals surface area contributed by atoms with Gasteiger partial charge in [-0.2, -0.15) is 0 Å². The molecule has 0 saturated carbocycles. The highest BCUT2D eigenvalue weighted by Gasteiger charge is 2.15. The Hall–Kier alpha value is -1.44. The van der Waals surface area contributed by atoms with Crippen LogP contribution in [0.2, 0.25) is 0 Å². The van der Waals surface area contributed by atoms with E-state index in [4.69, 9.17) is 4.74 Å². The quantitative estimate of drug-likeness (QED) is 0.732. The van der Waals surface area contributed by atoms with Gasteiger partial charge in [0.2, 0.25) is 10.0 Å². The second kappa shape index (κ2) is 7.37. The van der Waals surface area contributed by atoms with Crippen LogP contribution in [0.1, 0.15) is 31.9 Å². The average molecular weight is 301 g/mol. The number of aliphatic hydroxyl groups is 1. The van der Waals surface area contributed by atoms with Crippen molar-refractivity contribution < 1.29 is 23.1 Å². The molecule has 0 aliphatic heterocycles. The van der Waals surface area contributed by atoms with Crippen molar-refractivity contribution in [2.24, 2.45) is 0 Å². The number of rotatable bonds is 7. The molecule has 0 radical (unpaired) electrons. The predicted molar refractivity (Wildman–Crippen MR) is 73.5 cm³/mol. The van der Waals surface area contributed by atoms with Crippen LogP contribution < -0.4 is 4.72 Å². The Bertz CT molecular complexity index is 554. The van der Waals surface area contributed by atoms with Gasteiger partial charge < -0.3 is 9.84 Å². The molecule has 0 heterocycles. The molecule has 1 aromatic carbocycles. The molecule has 0 spiro atoms. The molecule has 2 N–H and O–H groups in total. The van der Waals surface area contributed by atoms with Crippen LogP contribution in [0.3, 0.4) is 0 Å². The van der Waals surface area contributed by atoms with E-state index in [-0.39, 0.29) is 24.5 Å². The van der Waals surface area contributed by atoms with Gasteiger partial charge in [-0.25, -0.2) is 13.1 Å². The lowest BCUT2D eigenvalue weighted by Gasteiger charge is -2.09. The molecule has 0 aromatic heterocycles. The van der Waals surface area contributed by atoms with Gasteiger partial charge in [0.15, 0.2) is 0 Å². The predicted octanol–water partition coefficient (Wildman–Crippen LogP) is 0.971. The van der Waals surface area contributed by atoms with E-state index in [1.54, 1.807) is 26.0 Å². The number of hydrogen-bond donors (Lipinski definition) is 2. The molecule has 0 fully saturated rings. The van der Waals surface area contributed by atoms with Crippen molar-refractivity contribution in [3.8, 4) is 0 Å². The van der Waals surface area contributed by atoms with Crippen molar-refractivity contribution in [2.75, 3.05) is 13.2 Å². The zero-order valence-electron chi connectivity index (χ0n) is 11.5. The van der Waals surface area contributed by atoms with E-state index in [2.05, 4.69) is 4.72 Å². The van der Waals surface area contributed by atoms with E-state index in [0.29, 0.717) is 5.56 Å². The lowest BCUT2D eigenvalue weighted by Crippen LogP contribution is -2.27. The Morgan fingerprint density at radius 1 is 1.45 bits per heavy atom. The number of benzene rings is 1. The molecule has 1 unspecified atom stereocenters. The topological polar surface area (TPSA) is 92.7 Å². The van der Waals surface area contributed by atoms with Crippen LogP contribution in [-0.4, -0.2) is 32.6 Å². The molecule has 20 heavy (non-hydrogen) atoms. The Morgan fingerprint density at radius 2 is 2.15 bits per heavy atom. The van der Waals surface area contributed by atoms with Crippen molar-refractivity contribution in [1.29, 1.82) is 0 Å². The van der Waals surface area contributed by atoms with Gasteiger partial charge in [0.1, 0.15) is 0 Å². The SMILES string of the molecule is CCOC(=O)CCNS(=O)(=O)c1cccc(C(C)O)c1. The Labute approximate surface area is 118 Å². The van der Waals surface area contributed by atoms with E-state index >= 15 is 0 Å². The summed E-state index contributed by atoms with van der Waals surface area (Å²) in [5, 5.41) is 9.45. The van der Waals surface area contributed by atoms with Crippen molar-refractivity contribution in [1.82, 2.24) is 4.72 Å². The fourth-order valence-corrected chi connectivity index (χ4v) is 2.63. The fraction of sp³-hybridized carbons (Fsp3) is 0.462. The molecular weight excluding hydrogens is 282 g/mol. The minimum absolute atomic E-state index is 0.0246. The van der Waals surface area contributed by atoms with Gasteiger partial charge in [0.25, 0.3) is 0 Å². The summed E-state index contributed by atoms with van der Waals surface area (Å²) in [5.41, 5.74) is 0.512. The first kappa shape index (κ1) is 16.6. The molecule has 0 aliphatic rings. The summed E-state index contributed by atoms with van der Waals surface area (Å²) >= 11 is 0. The van der Waals surface area contributed by atoms with Gasteiger partial charge in [-0.3, -0.25) is 4.79 Å². The highest BCUT2D eigenvalue weighted by atomic mass is 32.2. The summed E-state index contributed by atoms with van der Waals surface area (Å²) < 4.78 is 31.0. The molecule has 6 nitrogen and oxygen atoms in total. The molecule has 1 rings (SSSR count). The van der Waals surface area contributed by atoms with Crippen LogP contribution in [0.15, 0.2) is 29.2 Å². The summed E-state index contributed by atoms with van der Waals surface area (Å²) in [6, 6.07) is 6.03. The van der Waals surface area contributed by atoms with E-state index in [9.17, 15) is 18.3 Å². The van der Waals surface area contributed by atoms with E-state index in [1.807, 2.05) is 0 Å². The molecule has 0 bridgehead atoms. The number of esters is 1. The molecule has 0 saturated heterocycles. The lowest BCUT2D eigenvalue weighted by molar-refractivity contribution is -0.142. The number of aliphatic hydroxyl groups excluding tert-OH is 1. The molecule has 112 valence electrons. The minimum atomic E-state index is -3.70. The molecular formula is C13H19NO5S. The van der Waals surface area contributed by atoms with Crippen LogP contribution in [0, 0.1) is 0 Å². The second-order valence-corrected chi connectivity index (χ2v) is 5.97.